The Bertz CT molecular complexity index is 665. The molecule has 4 nitrogen and oxygen atoms in total. The maximum Gasteiger partial charge on any atom is 0.252 e. The monoisotopic (exact) mass is 338 g/mol. The van der Waals surface area contributed by atoms with E-state index in [0.29, 0.717) is 18.7 Å². The second kappa shape index (κ2) is 9.62. The van der Waals surface area contributed by atoms with Gasteiger partial charge in [-0.3, -0.25) is 9.59 Å². The molecule has 0 aliphatic heterocycles. The van der Waals surface area contributed by atoms with Gasteiger partial charge in [-0.2, -0.15) is 0 Å². The largest absolute Gasteiger partial charge is 0.341 e. The van der Waals surface area contributed by atoms with Crippen molar-refractivity contribution < 1.29 is 9.59 Å². The van der Waals surface area contributed by atoms with Crippen molar-refractivity contribution in [1.82, 2.24) is 10.2 Å². The molecule has 0 bridgehead atoms. The Kier molecular flexibility index (Phi) is 7.20. The Morgan fingerprint density at radius 2 is 1.40 bits per heavy atom. The summed E-state index contributed by atoms with van der Waals surface area (Å²) in [5.41, 5.74) is 1.35. The lowest BCUT2D eigenvalue weighted by molar-refractivity contribution is -0.133. The third kappa shape index (κ3) is 5.18. The molecule has 1 N–H and O–H groups in total. The second-order valence-corrected chi connectivity index (χ2v) is 6.01. The third-order valence-corrected chi connectivity index (χ3v) is 3.99. The van der Waals surface area contributed by atoms with E-state index in [1.165, 1.54) is 0 Å². The lowest BCUT2D eigenvalue weighted by Crippen LogP contribution is -2.43. The van der Waals surface area contributed by atoms with Gasteiger partial charge < -0.3 is 10.2 Å². The molecular weight excluding hydrogens is 312 g/mol. The van der Waals surface area contributed by atoms with Crippen molar-refractivity contribution in [3.8, 4) is 0 Å². The number of carbonyl (C=O) groups is 2. The number of amides is 2. The number of hydrogen-bond donors (Lipinski definition) is 1. The first-order chi connectivity index (χ1) is 12.2. The van der Waals surface area contributed by atoms with Gasteiger partial charge in [-0.15, -0.1) is 0 Å². The summed E-state index contributed by atoms with van der Waals surface area (Å²) in [6.07, 6.45) is 1.78. The molecule has 4 heteroatoms. The van der Waals surface area contributed by atoms with Crippen LogP contribution in [0.1, 0.15) is 48.7 Å². The number of nitrogens with zero attached hydrogens (tertiary/aromatic N) is 1. The molecule has 0 saturated heterocycles. The smallest absolute Gasteiger partial charge is 0.252 e. The summed E-state index contributed by atoms with van der Waals surface area (Å²) >= 11 is 0. The van der Waals surface area contributed by atoms with Gasteiger partial charge in [0.15, 0.2) is 0 Å². The highest BCUT2D eigenvalue weighted by Crippen LogP contribution is 2.17. The highest BCUT2D eigenvalue weighted by molar-refractivity contribution is 5.97. The molecule has 0 aliphatic carbocycles. The number of benzene rings is 2. The average molecular weight is 338 g/mol. The molecule has 2 amide bonds. The zero-order valence-corrected chi connectivity index (χ0v) is 14.9. The van der Waals surface area contributed by atoms with Crippen LogP contribution in [0.25, 0.3) is 0 Å². The van der Waals surface area contributed by atoms with E-state index in [1.54, 1.807) is 12.1 Å². The van der Waals surface area contributed by atoms with E-state index < -0.39 is 6.04 Å². The van der Waals surface area contributed by atoms with Crippen LogP contribution >= 0.6 is 0 Å². The van der Waals surface area contributed by atoms with Crippen LogP contribution in [0.15, 0.2) is 60.7 Å². The normalized spacial score (nSPS) is 11.6. The quantitative estimate of drug-likeness (QED) is 0.796. The Hall–Kier alpha value is -2.62. The molecule has 0 fully saturated rings. The van der Waals surface area contributed by atoms with E-state index in [0.717, 1.165) is 18.4 Å². The van der Waals surface area contributed by atoms with Gasteiger partial charge in [0.25, 0.3) is 5.91 Å². The number of hydrogen-bond acceptors (Lipinski definition) is 2. The Morgan fingerprint density at radius 3 is 1.92 bits per heavy atom. The summed E-state index contributed by atoms with van der Waals surface area (Å²) in [5, 5.41) is 2.92. The summed E-state index contributed by atoms with van der Waals surface area (Å²) in [7, 11) is 0. The van der Waals surface area contributed by atoms with Crippen LogP contribution in [0.2, 0.25) is 0 Å². The molecule has 0 heterocycles. The van der Waals surface area contributed by atoms with Gasteiger partial charge in [0.2, 0.25) is 5.91 Å². The molecule has 2 aromatic carbocycles. The second-order valence-electron chi connectivity index (χ2n) is 6.01. The van der Waals surface area contributed by atoms with Crippen molar-refractivity contribution in [3.63, 3.8) is 0 Å². The van der Waals surface area contributed by atoms with E-state index in [2.05, 4.69) is 19.2 Å². The maximum absolute atomic E-state index is 13.1. The van der Waals surface area contributed by atoms with E-state index in [1.807, 2.05) is 53.4 Å². The summed E-state index contributed by atoms with van der Waals surface area (Å²) in [6, 6.07) is 17.7. The molecule has 0 spiro atoms. The number of rotatable bonds is 8. The predicted molar refractivity (Wildman–Crippen MR) is 100 cm³/mol. The molecule has 0 aliphatic rings. The van der Waals surface area contributed by atoms with Gasteiger partial charge in [-0.25, -0.2) is 0 Å². The fourth-order valence-electron chi connectivity index (χ4n) is 2.79. The highest BCUT2D eigenvalue weighted by atomic mass is 16.2. The SMILES string of the molecule is CCCN(CCC)C(=O)C(NC(=O)c1ccccc1)c1ccccc1. The maximum atomic E-state index is 13.1. The van der Waals surface area contributed by atoms with Gasteiger partial charge in [0.05, 0.1) is 0 Å². The van der Waals surface area contributed by atoms with Gasteiger partial charge in [-0.1, -0.05) is 62.4 Å². The first-order valence-corrected chi connectivity index (χ1v) is 8.87. The average Bonchev–Trinajstić information content (AvgIpc) is 2.66. The van der Waals surface area contributed by atoms with Crippen LogP contribution in [0.5, 0.6) is 0 Å². The standard InChI is InChI=1S/C21H26N2O2/c1-3-15-23(16-4-2)21(25)19(17-11-7-5-8-12-17)22-20(24)18-13-9-6-10-14-18/h5-14,19H,3-4,15-16H2,1-2H3,(H,22,24). The third-order valence-electron chi connectivity index (χ3n) is 3.99. The van der Waals surface area contributed by atoms with Crippen molar-refractivity contribution >= 4 is 11.8 Å². The van der Waals surface area contributed by atoms with E-state index in [9.17, 15) is 9.59 Å². The Labute approximate surface area is 149 Å². The first-order valence-electron chi connectivity index (χ1n) is 8.87. The summed E-state index contributed by atoms with van der Waals surface area (Å²) < 4.78 is 0. The predicted octanol–water partition coefficient (Wildman–Crippen LogP) is 3.81. The van der Waals surface area contributed by atoms with Crippen LogP contribution < -0.4 is 5.32 Å². The van der Waals surface area contributed by atoms with Crippen molar-refractivity contribution in [2.45, 2.75) is 32.7 Å². The fourth-order valence-corrected chi connectivity index (χ4v) is 2.79. The lowest BCUT2D eigenvalue weighted by Gasteiger charge is -2.27. The van der Waals surface area contributed by atoms with Crippen LogP contribution in [-0.4, -0.2) is 29.8 Å². The minimum absolute atomic E-state index is 0.0563. The Morgan fingerprint density at radius 1 is 0.880 bits per heavy atom. The molecule has 25 heavy (non-hydrogen) atoms. The zero-order chi connectivity index (χ0) is 18.1. The van der Waals surface area contributed by atoms with Crippen LogP contribution in [0.4, 0.5) is 0 Å². The van der Waals surface area contributed by atoms with E-state index in [-0.39, 0.29) is 11.8 Å². The van der Waals surface area contributed by atoms with Crippen LogP contribution in [0, 0.1) is 0 Å². The summed E-state index contributed by atoms with van der Waals surface area (Å²) in [5.74, 6) is -0.296. The minimum Gasteiger partial charge on any atom is -0.341 e. The lowest BCUT2D eigenvalue weighted by atomic mass is 10.0. The van der Waals surface area contributed by atoms with Gasteiger partial charge >= 0.3 is 0 Å². The molecule has 0 aromatic heterocycles. The minimum atomic E-state index is -0.674. The summed E-state index contributed by atoms with van der Waals surface area (Å²) in [4.78, 5) is 27.5. The molecule has 0 radical (unpaired) electrons. The fraction of sp³-hybridized carbons (Fsp3) is 0.333. The number of carbonyl (C=O) groups excluding carboxylic acids is 2. The zero-order valence-electron chi connectivity index (χ0n) is 14.9. The van der Waals surface area contributed by atoms with E-state index in [4.69, 9.17) is 0 Å². The molecular formula is C21H26N2O2. The first kappa shape index (κ1) is 18.7. The van der Waals surface area contributed by atoms with Crippen molar-refractivity contribution in [1.29, 1.82) is 0 Å². The molecule has 2 aromatic rings. The summed E-state index contributed by atoms with van der Waals surface area (Å²) in [6.45, 7) is 5.49. The van der Waals surface area contributed by atoms with Crippen molar-refractivity contribution in [2.24, 2.45) is 0 Å². The molecule has 0 saturated carbocycles. The van der Waals surface area contributed by atoms with Gasteiger partial charge in [-0.05, 0) is 30.5 Å². The number of nitrogens with one attached hydrogen (secondary N) is 1. The highest BCUT2D eigenvalue weighted by Gasteiger charge is 2.27. The van der Waals surface area contributed by atoms with Crippen molar-refractivity contribution in [3.05, 3.63) is 71.8 Å². The van der Waals surface area contributed by atoms with Crippen LogP contribution in [0.3, 0.4) is 0 Å². The molecule has 132 valence electrons. The topological polar surface area (TPSA) is 49.4 Å². The van der Waals surface area contributed by atoms with Crippen molar-refractivity contribution in [2.75, 3.05) is 13.1 Å². The van der Waals surface area contributed by atoms with Gasteiger partial charge in [0, 0.05) is 18.7 Å². The molecule has 1 atom stereocenters. The molecule has 1 unspecified atom stereocenters. The van der Waals surface area contributed by atoms with E-state index >= 15 is 0 Å². The molecule has 2 rings (SSSR count). The van der Waals surface area contributed by atoms with Crippen LogP contribution in [-0.2, 0) is 4.79 Å². The van der Waals surface area contributed by atoms with Gasteiger partial charge in [0.1, 0.15) is 6.04 Å². The Balaban J connectivity index is 2.27.